The average molecular weight is 377 g/mol. The van der Waals surface area contributed by atoms with Crippen molar-refractivity contribution in [2.24, 2.45) is 0 Å². The van der Waals surface area contributed by atoms with Gasteiger partial charge in [0.2, 0.25) is 5.16 Å². The van der Waals surface area contributed by atoms with E-state index in [-0.39, 0.29) is 10.6 Å². The van der Waals surface area contributed by atoms with Crippen LogP contribution < -0.4 is 0 Å². The first-order valence-corrected chi connectivity index (χ1v) is 9.34. The quantitative estimate of drug-likeness (QED) is 0.286. The molecule has 0 amide bonds. The Balaban J connectivity index is 1.56. The Morgan fingerprint density at radius 1 is 1.00 bits per heavy atom. The van der Waals surface area contributed by atoms with Crippen LogP contribution in [0.2, 0.25) is 0 Å². The minimum Gasteiger partial charge on any atom is -0.258 e. The molecule has 27 heavy (non-hydrogen) atoms. The summed E-state index contributed by atoms with van der Waals surface area (Å²) in [6.45, 7) is 0. The number of aromatic nitrogens is 4. The zero-order valence-electron chi connectivity index (χ0n) is 14.2. The normalized spacial score (nSPS) is 11.0. The number of nitro benzene ring substituents is 1. The van der Waals surface area contributed by atoms with E-state index in [1.165, 1.54) is 17.8 Å². The lowest BCUT2D eigenvalue weighted by Crippen LogP contribution is -2.01. The molecule has 8 heteroatoms. The molecule has 0 atom stereocenters. The molecule has 0 aliphatic rings. The number of nitrogens with zero attached hydrogens (tertiary/aromatic N) is 5. The first-order chi connectivity index (χ1) is 13.2. The van der Waals surface area contributed by atoms with Crippen LogP contribution in [0.1, 0.15) is 5.56 Å². The van der Waals surface area contributed by atoms with Gasteiger partial charge in [0, 0.05) is 22.8 Å². The first kappa shape index (κ1) is 17.2. The van der Waals surface area contributed by atoms with Crippen molar-refractivity contribution >= 4 is 28.2 Å². The van der Waals surface area contributed by atoms with Gasteiger partial charge >= 0.3 is 0 Å². The Morgan fingerprint density at radius 2 is 1.78 bits per heavy atom. The van der Waals surface area contributed by atoms with Gasteiger partial charge in [-0.15, -0.1) is 5.10 Å². The molecule has 4 aromatic rings. The van der Waals surface area contributed by atoms with E-state index >= 15 is 0 Å². The topological polar surface area (TPSA) is 86.7 Å². The van der Waals surface area contributed by atoms with Crippen molar-refractivity contribution in [1.82, 2.24) is 20.2 Å². The van der Waals surface area contributed by atoms with Gasteiger partial charge in [-0.25, -0.2) is 0 Å². The number of para-hydroxylation sites is 1. The number of thioether (sulfide) groups is 1. The number of aryl methyl sites for hydroxylation is 1. The highest BCUT2D eigenvalue weighted by molar-refractivity contribution is 7.99. The summed E-state index contributed by atoms with van der Waals surface area (Å²) in [5.41, 5.74) is 1.76. The lowest BCUT2D eigenvalue weighted by Gasteiger charge is -2.08. The molecule has 0 aliphatic heterocycles. The average Bonchev–Trinajstić information content (AvgIpc) is 3.16. The van der Waals surface area contributed by atoms with Crippen LogP contribution in [-0.2, 0) is 6.42 Å². The van der Waals surface area contributed by atoms with Gasteiger partial charge in [0.25, 0.3) is 5.69 Å². The summed E-state index contributed by atoms with van der Waals surface area (Å²) >= 11 is 1.48. The summed E-state index contributed by atoms with van der Waals surface area (Å²) in [6.07, 6.45) is 0.560. The smallest absolute Gasteiger partial charge is 0.258 e. The highest BCUT2D eigenvalue weighted by atomic mass is 32.2. The van der Waals surface area contributed by atoms with Crippen molar-refractivity contribution in [3.05, 3.63) is 82.4 Å². The monoisotopic (exact) mass is 377 g/mol. The Kier molecular flexibility index (Phi) is 4.80. The lowest BCUT2D eigenvalue weighted by molar-refractivity contribution is -0.385. The summed E-state index contributed by atoms with van der Waals surface area (Å²) in [4.78, 5) is 10.8. The van der Waals surface area contributed by atoms with Gasteiger partial charge in [-0.2, -0.15) is 4.68 Å². The summed E-state index contributed by atoms with van der Waals surface area (Å²) in [6, 6.07) is 20.9. The van der Waals surface area contributed by atoms with Crippen LogP contribution in [0.3, 0.4) is 0 Å². The third-order valence-electron chi connectivity index (χ3n) is 4.23. The number of benzene rings is 3. The van der Waals surface area contributed by atoms with Crippen LogP contribution in [0.25, 0.3) is 16.5 Å². The molecule has 7 nitrogen and oxygen atoms in total. The van der Waals surface area contributed by atoms with E-state index in [0.717, 1.165) is 16.5 Å². The molecule has 0 saturated heterocycles. The summed E-state index contributed by atoms with van der Waals surface area (Å²) in [5.74, 6) is 0.635. The van der Waals surface area contributed by atoms with E-state index in [1.807, 2.05) is 48.5 Å². The second-order valence-corrected chi connectivity index (χ2v) is 6.92. The minimum atomic E-state index is -0.347. The highest BCUT2D eigenvalue weighted by Gasteiger charge is 2.14. The number of hydrogen-bond donors (Lipinski definition) is 0. The third kappa shape index (κ3) is 3.52. The molecule has 0 aliphatic carbocycles. The number of hydrogen-bond acceptors (Lipinski definition) is 6. The van der Waals surface area contributed by atoms with E-state index in [4.69, 9.17) is 0 Å². The van der Waals surface area contributed by atoms with Crippen molar-refractivity contribution in [3.8, 4) is 5.69 Å². The number of rotatable bonds is 6. The predicted octanol–water partition coefficient (Wildman–Crippen LogP) is 4.06. The molecular weight excluding hydrogens is 362 g/mol. The SMILES string of the molecule is O=[N+]([O-])c1ccccc1CCSc1nnnn1-c1cccc2ccccc12. The van der Waals surface area contributed by atoms with Crippen molar-refractivity contribution in [3.63, 3.8) is 0 Å². The first-order valence-electron chi connectivity index (χ1n) is 8.35. The van der Waals surface area contributed by atoms with Crippen LogP contribution in [0, 0.1) is 10.1 Å². The summed E-state index contributed by atoms with van der Waals surface area (Å²) in [7, 11) is 0. The van der Waals surface area contributed by atoms with Gasteiger partial charge in [0.15, 0.2) is 0 Å². The Labute approximate surface area is 159 Å². The molecule has 0 saturated carbocycles. The molecular formula is C19H15N5O2S. The second kappa shape index (κ2) is 7.55. The van der Waals surface area contributed by atoms with Gasteiger partial charge in [-0.1, -0.05) is 66.4 Å². The largest absolute Gasteiger partial charge is 0.272 e. The predicted molar refractivity (Wildman–Crippen MR) is 104 cm³/mol. The highest BCUT2D eigenvalue weighted by Crippen LogP contribution is 2.26. The third-order valence-corrected chi connectivity index (χ3v) is 5.15. The van der Waals surface area contributed by atoms with Gasteiger partial charge < -0.3 is 0 Å². The number of tetrazole rings is 1. The van der Waals surface area contributed by atoms with E-state index in [0.29, 0.717) is 22.9 Å². The Bertz CT molecular complexity index is 1110. The standard InChI is InChI=1S/C19H15N5O2S/c25-24(26)17-10-4-2-7-15(17)12-13-27-19-20-21-22-23(19)18-11-5-8-14-6-1-3-9-16(14)18/h1-11H,12-13H2. The maximum atomic E-state index is 11.1. The van der Waals surface area contributed by atoms with Crippen molar-refractivity contribution < 1.29 is 4.92 Å². The molecule has 0 bridgehead atoms. The van der Waals surface area contributed by atoms with Gasteiger partial charge in [-0.05, 0) is 28.3 Å². The maximum absolute atomic E-state index is 11.1. The van der Waals surface area contributed by atoms with Gasteiger partial charge in [0.05, 0.1) is 10.6 Å². The van der Waals surface area contributed by atoms with Crippen LogP contribution in [0.5, 0.6) is 0 Å². The fourth-order valence-corrected chi connectivity index (χ4v) is 3.82. The van der Waals surface area contributed by atoms with Crippen LogP contribution in [0.4, 0.5) is 5.69 Å². The molecule has 4 rings (SSSR count). The zero-order chi connectivity index (χ0) is 18.6. The minimum absolute atomic E-state index is 0.145. The molecule has 3 aromatic carbocycles. The molecule has 1 heterocycles. The fourth-order valence-electron chi connectivity index (χ4n) is 2.97. The maximum Gasteiger partial charge on any atom is 0.272 e. The fraction of sp³-hybridized carbons (Fsp3) is 0.105. The second-order valence-electron chi connectivity index (χ2n) is 5.86. The van der Waals surface area contributed by atoms with Gasteiger partial charge in [-0.3, -0.25) is 10.1 Å². The molecule has 0 radical (unpaired) electrons. The van der Waals surface area contributed by atoms with Gasteiger partial charge in [0.1, 0.15) is 0 Å². The zero-order valence-corrected chi connectivity index (χ0v) is 15.0. The number of fused-ring (bicyclic) bond motifs is 1. The molecule has 1 aromatic heterocycles. The Morgan fingerprint density at radius 3 is 2.67 bits per heavy atom. The number of nitro groups is 1. The van der Waals surface area contributed by atoms with Crippen LogP contribution >= 0.6 is 11.8 Å². The van der Waals surface area contributed by atoms with E-state index in [2.05, 4.69) is 15.5 Å². The molecule has 0 unspecified atom stereocenters. The van der Waals surface area contributed by atoms with Crippen LogP contribution in [-0.4, -0.2) is 30.9 Å². The van der Waals surface area contributed by atoms with Crippen molar-refractivity contribution in [2.45, 2.75) is 11.6 Å². The van der Waals surface area contributed by atoms with E-state index in [1.54, 1.807) is 16.8 Å². The molecule has 0 fully saturated rings. The lowest BCUT2D eigenvalue weighted by atomic mass is 10.1. The van der Waals surface area contributed by atoms with E-state index < -0.39 is 0 Å². The molecule has 0 N–H and O–H groups in total. The van der Waals surface area contributed by atoms with Crippen LogP contribution in [0.15, 0.2) is 71.9 Å². The molecule has 0 spiro atoms. The van der Waals surface area contributed by atoms with E-state index in [9.17, 15) is 10.1 Å². The summed E-state index contributed by atoms with van der Waals surface area (Å²) < 4.78 is 1.71. The summed E-state index contributed by atoms with van der Waals surface area (Å²) in [5, 5.41) is 26.0. The van der Waals surface area contributed by atoms with Crippen molar-refractivity contribution in [2.75, 3.05) is 5.75 Å². The molecule has 134 valence electrons. The Hall–Kier alpha value is -3.26. The van der Waals surface area contributed by atoms with Crippen molar-refractivity contribution in [1.29, 1.82) is 0 Å².